The van der Waals surface area contributed by atoms with Crippen molar-refractivity contribution in [3.63, 3.8) is 0 Å². The number of nitrogens with one attached hydrogen (secondary N) is 2. The average Bonchev–Trinajstić information content (AvgIpc) is 3.09. The summed E-state index contributed by atoms with van der Waals surface area (Å²) in [7, 11) is 0. The van der Waals surface area contributed by atoms with Crippen LogP contribution < -0.4 is 10.9 Å². The van der Waals surface area contributed by atoms with Crippen molar-refractivity contribution in [2.45, 2.75) is 18.9 Å². The highest BCUT2D eigenvalue weighted by Crippen LogP contribution is 2.14. The molecule has 0 unspecified atom stereocenters. The van der Waals surface area contributed by atoms with Crippen LogP contribution in [0.25, 0.3) is 0 Å². The topological polar surface area (TPSA) is 95.4 Å². The van der Waals surface area contributed by atoms with E-state index < -0.39 is 0 Å². The molecule has 1 aliphatic rings. The first-order chi connectivity index (χ1) is 11.1. The van der Waals surface area contributed by atoms with Crippen molar-refractivity contribution in [2.24, 2.45) is 0 Å². The highest BCUT2D eigenvalue weighted by molar-refractivity contribution is 5.93. The highest BCUT2D eigenvalue weighted by atomic mass is 16.3. The first-order valence-electron chi connectivity index (χ1n) is 7.46. The van der Waals surface area contributed by atoms with Gasteiger partial charge in [-0.2, -0.15) is 0 Å². The number of furan rings is 1. The second-order valence-corrected chi connectivity index (χ2v) is 5.47. The van der Waals surface area contributed by atoms with Crippen LogP contribution in [0.1, 0.15) is 33.9 Å². The number of aromatic nitrogens is 1. The maximum atomic E-state index is 12.3. The molecular formula is C16H17N3O4. The van der Waals surface area contributed by atoms with Crippen LogP contribution in [-0.2, 0) is 0 Å². The van der Waals surface area contributed by atoms with E-state index in [4.69, 9.17) is 4.42 Å². The lowest BCUT2D eigenvalue weighted by Crippen LogP contribution is -2.49. The normalized spacial score (nSPS) is 17.7. The fraction of sp³-hybridized carbons (Fsp3) is 0.312. The molecule has 0 saturated carbocycles. The van der Waals surface area contributed by atoms with Gasteiger partial charge in [0.05, 0.1) is 6.26 Å². The van der Waals surface area contributed by atoms with Gasteiger partial charge >= 0.3 is 0 Å². The van der Waals surface area contributed by atoms with Gasteiger partial charge < -0.3 is 19.6 Å². The molecule has 2 aromatic heterocycles. The van der Waals surface area contributed by atoms with Crippen molar-refractivity contribution >= 4 is 11.8 Å². The molecule has 1 aliphatic heterocycles. The Morgan fingerprint density at radius 3 is 2.87 bits per heavy atom. The van der Waals surface area contributed by atoms with Crippen molar-refractivity contribution < 1.29 is 14.0 Å². The first-order valence-corrected chi connectivity index (χ1v) is 7.46. The van der Waals surface area contributed by atoms with Crippen LogP contribution in [-0.4, -0.2) is 40.8 Å². The third-order valence-corrected chi connectivity index (χ3v) is 3.79. The zero-order valence-electron chi connectivity index (χ0n) is 12.5. The lowest BCUT2D eigenvalue weighted by atomic mass is 10.1. The second-order valence-electron chi connectivity index (χ2n) is 5.47. The van der Waals surface area contributed by atoms with E-state index in [1.807, 2.05) is 0 Å². The summed E-state index contributed by atoms with van der Waals surface area (Å²) in [6.07, 6.45) is 3.04. The Hall–Kier alpha value is -2.83. The average molecular weight is 315 g/mol. The molecule has 3 rings (SSSR count). The summed E-state index contributed by atoms with van der Waals surface area (Å²) < 4.78 is 5.13. The van der Waals surface area contributed by atoms with Crippen LogP contribution in [0.4, 0.5) is 0 Å². The quantitative estimate of drug-likeness (QED) is 0.883. The Morgan fingerprint density at radius 1 is 1.26 bits per heavy atom. The molecular weight excluding hydrogens is 298 g/mol. The van der Waals surface area contributed by atoms with Crippen LogP contribution in [0.2, 0.25) is 0 Å². The molecule has 0 aliphatic carbocycles. The summed E-state index contributed by atoms with van der Waals surface area (Å²) in [5.74, 6) is -0.230. The zero-order valence-corrected chi connectivity index (χ0v) is 12.5. The smallest absolute Gasteiger partial charge is 0.289 e. The minimum atomic E-state index is -0.347. The molecule has 0 aromatic carbocycles. The van der Waals surface area contributed by atoms with Crippen LogP contribution in [0.3, 0.4) is 0 Å². The number of hydrogen-bond donors (Lipinski definition) is 2. The predicted molar refractivity (Wildman–Crippen MR) is 82.2 cm³/mol. The van der Waals surface area contributed by atoms with E-state index in [1.54, 1.807) is 23.1 Å². The number of hydrogen-bond acceptors (Lipinski definition) is 4. The third kappa shape index (κ3) is 3.50. The van der Waals surface area contributed by atoms with Gasteiger partial charge in [0.25, 0.3) is 11.8 Å². The van der Waals surface area contributed by atoms with Crippen LogP contribution in [0, 0.1) is 0 Å². The van der Waals surface area contributed by atoms with E-state index in [2.05, 4.69) is 10.3 Å². The molecule has 7 heteroatoms. The van der Waals surface area contributed by atoms with Gasteiger partial charge in [0.1, 0.15) is 5.69 Å². The monoisotopic (exact) mass is 315 g/mol. The molecule has 2 aromatic rings. The van der Waals surface area contributed by atoms with E-state index in [-0.39, 0.29) is 29.1 Å². The largest absolute Gasteiger partial charge is 0.459 e. The number of pyridine rings is 1. The summed E-state index contributed by atoms with van der Waals surface area (Å²) in [4.78, 5) is 39.9. The van der Waals surface area contributed by atoms with Gasteiger partial charge in [-0.15, -0.1) is 0 Å². The summed E-state index contributed by atoms with van der Waals surface area (Å²) in [6, 6.07) is 7.56. The van der Waals surface area contributed by atoms with Gasteiger partial charge in [-0.1, -0.05) is 6.07 Å². The minimum absolute atomic E-state index is 0.154. The Bertz CT molecular complexity index is 751. The first kappa shape index (κ1) is 15.1. The number of nitrogens with zero attached hydrogens (tertiary/aromatic N) is 1. The van der Waals surface area contributed by atoms with Crippen LogP contribution in [0.15, 0.2) is 45.8 Å². The number of amides is 2. The molecule has 1 atom stereocenters. The van der Waals surface area contributed by atoms with Crippen molar-refractivity contribution in [3.8, 4) is 0 Å². The van der Waals surface area contributed by atoms with E-state index in [0.29, 0.717) is 18.8 Å². The SMILES string of the molecule is O=C(N[C@@H]1CCCN(C(=O)c2ccco2)C1)c1cccc(=O)[nH]1. The van der Waals surface area contributed by atoms with Crippen molar-refractivity contribution in [1.29, 1.82) is 0 Å². The Kier molecular flexibility index (Phi) is 4.27. The maximum Gasteiger partial charge on any atom is 0.289 e. The van der Waals surface area contributed by atoms with Crippen LogP contribution >= 0.6 is 0 Å². The summed E-state index contributed by atoms with van der Waals surface area (Å²) >= 11 is 0. The predicted octanol–water partition coefficient (Wildman–Crippen LogP) is 1.00. The number of piperidine rings is 1. The molecule has 2 amide bonds. The Balaban J connectivity index is 1.64. The Morgan fingerprint density at radius 2 is 2.13 bits per heavy atom. The molecule has 1 fully saturated rings. The number of aromatic amines is 1. The lowest BCUT2D eigenvalue weighted by molar-refractivity contribution is 0.0646. The van der Waals surface area contributed by atoms with Crippen molar-refractivity contribution in [2.75, 3.05) is 13.1 Å². The summed E-state index contributed by atoms with van der Waals surface area (Å²) in [5.41, 5.74) is -0.108. The summed E-state index contributed by atoms with van der Waals surface area (Å²) in [6.45, 7) is 1.05. The zero-order chi connectivity index (χ0) is 16.2. The maximum absolute atomic E-state index is 12.3. The standard InChI is InChI=1S/C16H17N3O4/c20-14-7-1-5-12(18-14)15(21)17-11-4-2-8-19(10-11)16(22)13-6-3-9-23-13/h1,3,5-7,9,11H,2,4,8,10H2,(H,17,21)(H,18,20)/t11-/m1/s1. The van der Waals surface area contributed by atoms with E-state index >= 15 is 0 Å². The molecule has 0 spiro atoms. The number of rotatable bonds is 3. The molecule has 2 N–H and O–H groups in total. The number of carbonyl (C=O) groups excluding carboxylic acids is 2. The molecule has 3 heterocycles. The molecule has 1 saturated heterocycles. The van der Waals surface area contributed by atoms with E-state index in [1.165, 1.54) is 18.4 Å². The van der Waals surface area contributed by atoms with Crippen LogP contribution in [0.5, 0.6) is 0 Å². The molecule has 0 radical (unpaired) electrons. The van der Waals surface area contributed by atoms with Crippen molar-refractivity contribution in [3.05, 3.63) is 58.4 Å². The molecule has 120 valence electrons. The number of H-pyrrole nitrogens is 1. The lowest BCUT2D eigenvalue weighted by Gasteiger charge is -2.32. The van der Waals surface area contributed by atoms with Gasteiger partial charge in [-0.05, 0) is 31.0 Å². The number of carbonyl (C=O) groups is 2. The van der Waals surface area contributed by atoms with Gasteiger partial charge in [0.15, 0.2) is 5.76 Å². The fourth-order valence-electron chi connectivity index (χ4n) is 2.68. The van der Waals surface area contributed by atoms with E-state index in [9.17, 15) is 14.4 Å². The van der Waals surface area contributed by atoms with Gasteiger partial charge in [0, 0.05) is 25.2 Å². The Labute approximate surface area is 132 Å². The molecule has 7 nitrogen and oxygen atoms in total. The second kappa shape index (κ2) is 6.51. The molecule has 0 bridgehead atoms. The third-order valence-electron chi connectivity index (χ3n) is 3.79. The minimum Gasteiger partial charge on any atom is -0.459 e. The molecule has 23 heavy (non-hydrogen) atoms. The van der Waals surface area contributed by atoms with Gasteiger partial charge in [0.2, 0.25) is 5.56 Å². The van der Waals surface area contributed by atoms with Gasteiger partial charge in [-0.3, -0.25) is 14.4 Å². The fourth-order valence-corrected chi connectivity index (χ4v) is 2.68. The van der Waals surface area contributed by atoms with Crippen molar-refractivity contribution in [1.82, 2.24) is 15.2 Å². The number of likely N-dealkylation sites (tertiary alicyclic amines) is 1. The van der Waals surface area contributed by atoms with Gasteiger partial charge in [-0.25, -0.2) is 0 Å². The van der Waals surface area contributed by atoms with E-state index in [0.717, 1.165) is 12.8 Å². The summed E-state index contributed by atoms with van der Waals surface area (Å²) in [5, 5.41) is 2.86. The highest BCUT2D eigenvalue weighted by Gasteiger charge is 2.27.